The van der Waals surface area contributed by atoms with E-state index in [1.54, 1.807) is 11.8 Å². The number of rotatable bonds is 7. The number of hydrogen-bond acceptors (Lipinski definition) is 4. The predicted molar refractivity (Wildman–Crippen MR) is 103 cm³/mol. The number of benzene rings is 2. The summed E-state index contributed by atoms with van der Waals surface area (Å²) in [5.41, 5.74) is 3.51. The van der Waals surface area contributed by atoms with Crippen molar-refractivity contribution in [3.63, 3.8) is 0 Å². The van der Waals surface area contributed by atoms with Crippen molar-refractivity contribution >= 4 is 34.6 Å². The molecule has 1 aromatic heterocycles. The number of thioether (sulfide) groups is 1. The van der Waals surface area contributed by atoms with Crippen molar-refractivity contribution in [3.05, 3.63) is 59.7 Å². The second-order valence-corrected chi connectivity index (χ2v) is 6.71. The number of aromatic nitrogens is 2. The molecule has 0 bridgehead atoms. The van der Waals surface area contributed by atoms with Crippen molar-refractivity contribution in [1.82, 2.24) is 20.6 Å². The summed E-state index contributed by atoms with van der Waals surface area (Å²) in [6.07, 6.45) is 0. The first-order valence-electron chi connectivity index (χ1n) is 8.31. The fourth-order valence-electron chi connectivity index (χ4n) is 2.52. The van der Waals surface area contributed by atoms with Crippen LogP contribution in [0.1, 0.15) is 22.8 Å². The van der Waals surface area contributed by atoms with Gasteiger partial charge in [-0.05, 0) is 23.8 Å². The summed E-state index contributed by atoms with van der Waals surface area (Å²) in [5, 5.41) is 6.31. The van der Waals surface area contributed by atoms with Crippen LogP contribution in [0.2, 0.25) is 0 Å². The molecule has 26 heavy (non-hydrogen) atoms. The molecule has 0 aliphatic heterocycles. The van der Waals surface area contributed by atoms with E-state index in [-0.39, 0.29) is 11.8 Å². The minimum atomic E-state index is -0.142. The Balaban J connectivity index is 1.63. The monoisotopic (exact) mass is 368 g/mol. The van der Waals surface area contributed by atoms with Gasteiger partial charge in [0.2, 0.25) is 5.91 Å². The highest BCUT2D eigenvalue weighted by atomic mass is 32.2. The lowest BCUT2D eigenvalue weighted by Gasteiger charge is -2.10. The Hall–Kier alpha value is -2.80. The zero-order chi connectivity index (χ0) is 18.4. The van der Waals surface area contributed by atoms with Gasteiger partial charge < -0.3 is 15.6 Å². The van der Waals surface area contributed by atoms with Crippen LogP contribution in [-0.4, -0.2) is 34.9 Å². The lowest BCUT2D eigenvalue weighted by molar-refractivity contribution is -0.118. The van der Waals surface area contributed by atoms with E-state index in [4.69, 9.17) is 0 Å². The van der Waals surface area contributed by atoms with Crippen LogP contribution >= 0.6 is 11.8 Å². The minimum absolute atomic E-state index is 0.109. The molecule has 3 N–H and O–H groups in total. The smallest absolute Gasteiger partial charge is 0.251 e. The number of carbonyl (C=O) groups is 2. The summed E-state index contributed by atoms with van der Waals surface area (Å²) in [6, 6.07) is 15.4. The van der Waals surface area contributed by atoms with E-state index in [0.29, 0.717) is 24.4 Å². The van der Waals surface area contributed by atoms with Crippen LogP contribution in [0.3, 0.4) is 0 Å². The van der Waals surface area contributed by atoms with Gasteiger partial charge >= 0.3 is 0 Å². The molecular formula is C19H20N4O2S. The number of para-hydroxylation sites is 2. The van der Waals surface area contributed by atoms with Crippen LogP contribution in [0, 0.1) is 0 Å². The van der Waals surface area contributed by atoms with Crippen molar-refractivity contribution in [2.24, 2.45) is 0 Å². The highest BCUT2D eigenvalue weighted by molar-refractivity contribution is 7.98. The molecule has 0 aliphatic carbocycles. The Bertz CT molecular complexity index is 890. The molecule has 2 aromatic carbocycles. The van der Waals surface area contributed by atoms with E-state index in [9.17, 15) is 9.59 Å². The van der Waals surface area contributed by atoms with E-state index in [1.807, 2.05) is 48.5 Å². The van der Waals surface area contributed by atoms with Crippen LogP contribution in [0.5, 0.6) is 0 Å². The standard InChI is InChI=1S/C19H20N4O2S/c1-13(24)20-10-11-21-18(25)15-7-3-2-6-14(15)12-26-19-22-16-8-4-5-9-17(16)23-19/h2-9H,10-12H2,1H3,(H,20,24)(H,21,25)(H,22,23). The van der Waals surface area contributed by atoms with Gasteiger partial charge in [-0.1, -0.05) is 42.1 Å². The summed E-state index contributed by atoms with van der Waals surface area (Å²) in [4.78, 5) is 31.1. The molecule has 0 saturated carbocycles. The Morgan fingerprint density at radius 2 is 1.77 bits per heavy atom. The quantitative estimate of drug-likeness (QED) is 0.442. The Kier molecular flexibility index (Phi) is 5.91. The predicted octanol–water partition coefficient (Wildman–Crippen LogP) is 2.72. The first-order chi connectivity index (χ1) is 12.6. The Morgan fingerprint density at radius 3 is 2.58 bits per heavy atom. The number of hydrogen-bond donors (Lipinski definition) is 3. The van der Waals surface area contributed by atoms with Crippen molar-refractivity contribution in [2.45, 2.75) is 17.8 Å². The van der Waals surface area contributed by atoms with Crippen molar-refractivity contribution in [1.29, 1.82) is 0 Å². The summed E-state index contributed by atoms with van der Waals surface area (Å²) >= 11 is 1.56. The number of imidazole rings is 1. The van der Waals surface area contributed by atoms with E-state index in [2.05, 4.69) is 20.6 Å². The summed E-state index contributed by atoms with van der Waals surface area (Å²) in [6.45, 7) is 2.26. The van der Waals surface area contributed by atoms with Crippen LogP contribution in [-0.2, 0) is 10.5 Å². The molecule has 6 nitrogen and oxygen atoms in total. The van der Waals surface area contributed by atoms with E-state index in [0.717, 1.165) is 21.8 Å². The first kappa shape index (κ1) is 18.0. The van der Waals surface area contributed by atoms with Crippen LogP contribution in [0.4, 0.5) is 0 Å². The molecule has 0 fully saturated rings. The number of H-pyrrole nitrogens is 1. The second-order valence-electron chi connectivity index (χ2n) is 5.74. The molecule has 0 aliphatic rings. The zero-order valence-electron chi connectivity index (χ0n) is 14.4. The van der Waals surface area contributed by atoms with Gasteiger partial charge in [0, 0.05) is 31.3 Å². The normalized spacial score (nSPS) is 10.7. The number of fused-ring (bicyclic) bond motifs is 1. The molecule has 3 aromatic rings. The van der Waals surface area contributed by atoms with Crippen molar-refractivity contribution in [2.75, 3.05) is 13.1 Å². The lowest BCUT2D eigenvalue weighted by atomic mass is 10.1. The molecule has 2 amide bonds. The number of nitrogens with one attached hydrogen (secondary N) is 3. The van der Waals surface area contributed by atoms with E-state index < -0.39 is 0 Å². The van der Waals surface area contributed by atoms with E-state index >= 15 is 0 Å². The van der Waals surface area contributed by atoms with Crippen molar-refractivity contribution in [3.8, 4) is 0 Å². The van der Waals surface area contributed by atoms with Crippen molar-refractivity contribution < 1.29 is 9.59 Å². The summed E-state index contributed by atoms with van der Waals surface area (Å²) in [7, 11) is 0. The molecule has 3 rings (SSSR count). The van der Waals surface area contributed by atoms with Gasteiger partial charge in [0.1, 0.15) is 0 Å². The average molecular weight is 368 g/mol. The number of aromatic amines is 1. The molecule has 0 unspecified atom stereocenters. The molecule has 0 atom stereocenters. The third-order valence-corrected chi connectivity index (χ3v) is 4.70. The van der Waals surface area contributed by atoms with Crippen LogP contribution in [0.25, 0.3) is 11.0 Å². The molecule has 0 radical (unpaired) electrons. The second kappa shape index (κ2) is 8.53. The fraction of sp³-hybridized carbons (Fsp3) is 0.211. The lowest BCUT2D eigenvalue weighted by Crippen LogP contribution is -2.34. The van der Waals surface area contributed by atoms with Gasteiger partial charge in [-0.3, -0.25) is 9.59 Å². The van der Waals surface area contributed by atoms with Gasteiger partial charge in [0.15, 0.2) is 5.16 Å². The van der Waals surface area contributed by atoms with Gasteiger partial charge in [-0.25, -0.2) is 4.98 Å². The third-order valence-electron chi connectivity index (χ3n) is 3.78. The molecular weight excluding hydrogens is 348 g/mol. The number of nitrogens with zero attached hydrogens (tertiary/aromatic N) is 1. The number of amides is 2. The topological polar surface area (TPSA) is 86.9 Å². The maximum atomic E-state index is 12.4. The van der Waals surface area contributed by atoms with Crippen LogP contribution < -0.4 is 10.6 Å². The minimum Gasteiger partial charge on any atom is -0.355 e. The molecule has 0 spiro atoms. The average Bonchev–Trinajstić information content (AvgIpc) is 3.06. The molecule has 0 saturated heterocycles. The maximum absolute atomic E-state index is 12.4. The molecule has 134 valence electrons. The van der Waals surface area contributed by atoms with Gasteiger partial charge in [-0.2, -0.15) is 0 Å². The highest BCUT2D eigenvalue weighted by Crippen LogP contribution is 2.24. The fourth-order valence-corrected chi connectivity index (χ4v) is 3.41. The maximum Gasteiger partial charge on any atom is 0.251 e. The zero-order valence-corrected chi connectivity index (χ0v) is 15.2. The molecule has 1 heterocycles. The summed E-state index contributed by atoms with van der Waals surface area (Å²) < 4.78 is 0. The summed E-state index contributed by atoms with van der Waals surface area (Å²) in [5.74, 6) is 0.382. The number of carbonyl (C=O) groups excluding carboxylic acids is 2. The van der Waals surface area contributed by atoms with Gasteiger partial charge in [0.05, 0.1) is 11.0 Å². The third kappa shape index (κ3) is 4.64. The largest absolute Gasteiger partial charge is 0.355 e. The van der Waals surface area contributed by atoms with Gasteiger partial charge in [-0.15, -0.1) is 0 Å². The first-order valence-corrected chi connectivity index (χ1v) is 9.30. The molecule has 7 heteroatoms. The highest BCUT2D eigenvalue weighted by Gasteiger charge is 2.11. The van der Waals surface area contributed by atoms with E-state index in [1.165, 1.54) is 6.92 Å². The van der Waals surface area contributed by atoms with Crippen LogP contribution in [0.15, 0.2) is 53.7 Å². The SMILES string of the molecule is CC(=O)NCCNC(=O)c1ccccc1CSc1nc2ccccc2[nH]1. The Morgan fingerprint density at radius 1 is 1.04 bits per heavy atom. The Labute approximate surface area is 155 Å². The van der Waals surface area contributed by atoms with Gasteiger partial charge in [0.25, 0.3) is 5.91 Å².